The van der Waals surface area contributed by atoms with Gasteiger partial charge in [0.15, 0.2) is 5.78 Å². The normalized spacial score (nSPS) is 10.9. The lowest BCUT2D eigenvalue weighted by Gasteiger charge is -2.05. The molecule has 0 aliphatic rings. The summed E-state index contributed by atoms with van der Waals surface area (Å²) in [4.78, 5) is 12.3. The highest BCUT2D eigenvalue weighted by Crippen LogP contribution is 2.16. The van der Waals surface area contributed by atoms with Gasteiger partial charge in [0.1, 0.15) is 0 Å². The van der Waals surface area contributed by atoms with Crippen LogP contribution in [0.3, 0.4) is 0 Å². The van der Waals surface area contributed by atoms with Crippen molar-refractivity contribution in [2.45, 2.75) is 20.3 Å². The van der Waals surface area contributed by atoms with Crippen molar-refractivity contribution in [3.63, 3.8) is 0 Å². The third-order valence-electron chi connectivity index (χ3n) is 3.70. The van der Waals surface area contributed by atoms with Crippen LogP contribution in [0.5, 0.6) is 0 Å². The number of aromatic nitrogens is 2. The van der Waals surface area contributed by atoms with Crippen LogP contribution in [-0.4, -0.2) is 16.0 Å². The zero-order valence-electron chi connectivity index (χ0n) is 11.6. The molecular formula is C17H16N2O. The standard InChI is InChI=1S/C17H16N2O/c1-11-3-5-14(7-12(11)2)17(20)9-13-4-6-16-15(8-13)10-18-19-16/h3-8,10H,9H2,1-2H3,(H,18,19). The van der Waals surface area contributed by atoms with Crippen LogP contribution in [-0.2, 0) is 6.42 Å². The molecule has 0 saturated carbocycles. The van der Waals surface area contributed by atoms with E-state index in [0.29, 0.717) is 6.42 Å². The molecule has 3 rings (SSSR count). The first-order valence-corrected chi connectivity index (χ1v) is 6.66. The molecule has 1 heterocycles. The number of nitrogens with zero attached hydrogens (tertiary/aromatic N) is 1. The second-order valence-electron chi connectivity index (χ2n) is 5.19. The van der Waals surface area contributed by atoms with Crippen molar-refractivity contribution in [1.29, 1.82) is 0 Å². The van der Waals surface area contributed by atoms with Crippen LogP contribution in [0.4, 0.5) is 0 Å². The quantitative estimate of drug-likeness (QED) is 0.734. The second-order valence-corrected chi connectivity index (χ2v) is 5.19. The second kappa shape index (κ2) is 4.93. The predicted octanol–water partition coefficient (Wildman–Crippen LogP) is 3.61. The molecule has 1 N–H and O–H groups in total. The fourth-order valence-electron chi connectivity index (χ4n) is 2.30. The zero-order valence-corrected chi connectivity index (χ0v) is 11.6. The predicted molar refractivity (Wildman–Crippen MR) is 80.0 cm³/mol. The van der Waals surface area contributed by atoms with Gasteiger partial charge < -0.3 is 0 Å². The van der Waals surface area contributed by atoms with Gasteiger partial charge in [-0.2, -0.15) is 5.10 Å². The van der Waals surface area contributed by atoms with Gasteiger partial charge in [-0.25, -0.2) is 0 Å². The maximum absolute atomic E-state index is 12.3. The highest BCUT2D eigenvalue weighted by Gasteiger charge is 2.09. The number of aryl methyl sites for hydroxylation is 2. The topological polar surface area (TPSA) is 45.8 Å². The van der Waals surface area contributed by atoms with Crippen LogP contribution in [0.1, 0.15) is 27.0 Å². The average Bonchev–Trinajstić information content (AvgIpc) is 2.89. The summed E-state index contributed by atoms with van der Waals surface area (Å²) in [5.41, 5.74) is 5.15. The molecule has 0 saturated heterocycles. The number of ketones is 1. The Morgan fingerprint density at radius 3 is 2.75 bits per heavy atom. The minimum Gasteiger partial charge on any atom is -0.294 e. The summed E-state index contributed by atoms with van der Waals surface area (Å²) < 4.78 is 0. The molecule has 3 heteroatoms. The summed E-state index contributed by atoms with van der Waals surface area (Å²) in [5, 5.41) is 7.94. The van der Waals surface area contributed by atoms with Gasteiger partial charge in [-0.05, 0) is 48.7 Å². The van der Waals surface area contributed by atoms with Crippen molar-refractivity contribution in [3.8, 4) is 0 Å². The van der Waals surface area contributed by atoms with Gasteiger partial charge in [0, 0.05) is 17.4 Å². The van der Waals surface area contributed by atoms with Crippen molar-refractivity contribution in [1.82, 2.24) is 10.2 Å². The van der Waals surface area contributed by atoms with Gasteiger partial charge in [0.05, 0.1) is 11.7 Å². The lowest BCUT2D eigenvalue weighted by atomic mass is 9.99. The smallest absolute Gasteiger partial charge is 0.167 e. The molecule has 0 spiro atoms. The number of Topliss-reactive ketones (excluding diaryl/α,β-unsaturated/α-hetero) is 1. The number of H-pyrrole nitrogens is 1. The lowest BCUT2D eigenvalue weighted by molar-refractivity contribution is 0.0993. The fourth-order valence-corrected chi connectivity index (χ4v) is 2.30. The molecule has 100 valence electrons. The molecule has 0 radical (unpaired) electrons. The Morgan fingerprint density at radius 1 is 1.10 bits per heavy atom. The van der Waals surface area contributed by atoms with Crippen LogP contribution >= 0.6 is 0 Å². The van der Waals surface area contributed by atoms with Crippen molar-refractivity contribution in [2.24, 2.45) is 0 Å². The molecule has 20 heavy (non-hydrogen) atoms. The van der Waals surface area contributed by atoms with Gasteiger partial charge in [-0.3, -0.25) is 9.89 Å². The van der Waals surface area contributed by atoms with Crippen molar-refractivity contribution in [2.75, 3.05) is 0 Å². The molecule has 3 nitrogen and oxygen atoms in total. The van der Waals surface area contributed by atoms with Crippen molar-refractivity contribution >= 4 is 16.7 Å². The molecule has 0 aliphatic carbocycles. The number of carbonyl (C=O) groups is 1. The number of benzene rings is 2. The van der Waals surface area contributed by atoms with E-state index < -0.39 is 0 Å². The Morgan fingerprint density at radius 2 is 1.95 bits per heavy atom. The summed E-state index contributed by atoms with van der Waals surface area (Å²) in [6.45, 7) is 4.08. The number of hydrogen-bond acceptors (Lipinski definition) is 2. The zero-order chi connectivity index (χ0) is 14.1. The molecule has 0 bridgehead atoms. The summed E-state index contributed by atoms with van der Waals surface area (Å²) in [6.07, 6.45) is 2.20. The van der Waals surface area contributed by atoms with Gasteiger partial charge in [-0.1, -0.05) is 18.2 Å². The summed E-state index contributed by atoms with van der Waals surface area (Å²) in [5.74, 6) is 0.149. The van der Waals surface area contributed by atoms with Gasteiger partial charge >= 0.3 is 0 Å². The van der Waals surface area contributed by atoms with E-state index in [4.69, 9.17) is 0 Å². The number of carbonyl (C=O) groups excluding carboxylic acids is 1. The Bertz CT molecular complexity index is 787. The van der Waals surface area contributed by atoms with E-state index >= 15 is 0 Å². The average molecular weight is 264 g/mol. The van der Waals surface area contributed by atoms with E-state index in [-0.39, 0.29) is 5.78 Å². The van der Waals surface area contributed by atoms with Crippen LogP contribution in [0.25, 0.3) is 10.9 Å². The van der Waals surface area contributed by atoms with E-state index in [1.54, 1.807) is 6.20 Å². The Kier molecular flexibility index (Phi) is 3.11. The van der Waals surface area contributed by atoms with Gasteiger partial charge in [0.2, 0.25) is 0 Å². The molecule has 0 amide bonds. The van der Waals surface area contributed by atoms with Crippen molar-refractivity contribution in [3.05, 3.63) is 64.8 Å². The number of rotatable bonds is 3. The SMILES string of the molecule is Cc1ccc(C(=O)Cc2ccc3[nH]ncc3c2)cc1C. The summed E-state index contributed by atoms with van der Waals surface area (Å²) >= 11 is 0. The number of hydrogen-bond donors (Lipinski definition) is 1. The first kappa shape index (κ1) is 12.6. The Balaban J connectivity index is 1.85. The highest BCUT2D eigenvalue weighted by atomic mass is 16.1. The van der Waals surface area contributed by atoms with Crippen LogP contribution in [0, 0.1) is 13.8 Å². The molecule has 0 unspecified atom stereocenters. The molecule has 0 atom stereocenters. The van der Waals surface area contributed by atoms with E-state index in [9.17, 15) is 4.79 Å². The first-order chi connectivity index (χ1) is 9.63. The van der Waals surface area contributed by atoms with Crippen LogP contribution in [0.2, 0.25) is 0 Å². The number of fused-ring (bicyclic) bond motifs is 1. The minimum absolute atomic E-state index is 0.149. The molecule has 1 aromatic heterocycles. The third kappa shape index (κ3) is 2.35. The minimum atomic E-state index is 0.149. The molecule has 0 fully saturated rings. The lowest BCUT2D eigenvalue weighted by Crippen LogP contribution is -2.04. The summed E-state index contributed by atoms with van der Waals surface area (Å²) in [6, 6.07) is 11.8. The van der Waals surface area contributed by atoms with E-state index in [2.05, 4.69) is 17.1 Å². The largest absolute Gasteiger partial charge is 0.294 e. The van der Waals surface area contributed by atoms with E-state index in [0.717, 1.165) is 27.6 Å². The van der Waals surface area contributed by atoms with E-state index in [1.165, 1.54) is 5.56 Å². The first-order valence-electron chi connectivity index (χ1n) is 6.66. The third-order valence-corrected chi connectivity index (χ3v) is 3.70. The fraction of sp³-hybridized carbons (Fsp3) is 0.176. The number of aromatic amines is 1. The van der Waals surface area contributed by atoms with E-state index in [1.807, 2.05) is 43.3 Å². The summed E-state index contributed by atoms with van der Waals surface area (Å²) in [7, 11) is 0. The Hall–Kier alpha value is -2.42. The van der Waals surface area contributed by atoms with Crippen LogP contribution < -0.4 is 0 Å². The maximum atomic E-state index is 12.3. The molecular weight excluding hydrogens is 248 g/mol. The molecule has 3 aromatic rings. The monoisotopic (exact) mass is 264 g/mol. The van der Waals surface area contributed by atoms with Gasteiger partial charge in [-0.15, -0.1) is 0 Å². The highest BCUT2D eigenvalue weighted by molar-refractivity contribution is 5.98. The molecule has 0 aliphatic heterocycles. The number of nitrogens with one attached hydrogen (secondary N) is 1. The van der Waals surface area contributed by atoms with Crippen LogP contribution in [0.15, 0.2) is 42.6 Å². The van der Waals surface area contributed by atoms with Crippen molar-refractivity contribution < 1.29 is 4.79 Å². The maximum Gasteiger partial charge on any atom is 0.167 e. The molecule has 2 aromatic carbocycles. The van der Waals surface area contributed by atoms with Gasteiger partial charge in [0.25, 0.3) is 0 Å². The Labute approximate surface area is 117 Å².